The van der Waals surface area contributed by atoms with Crippen LogP contribution in [0.1, 0.15) is 13.8 Å². The fourth-order valence-electron chi connectivity index (χ4n) is 0.659. The van der Waals surface area contributed by atoms with E-state index in [9.17, 15) is 0 Å². The van der Waals surface area contributed by atoms with E-state index in [1.54, 1.807) is 0 Å². The van der Waals surface area contributed by atoms with Gasteiger partial charge in [-0.05, 0) is 0 Å². The summed E-state index contributed by atoms with van der Waals surface area (Å²) >= 11 is -0.494. The Morgan fingerprint density at radius 2 is 2.33 bits per heavy atom. The first-order chi connectivity index (χ1) is 2.84. The average molecular weight is 100 g/mol. The normalized spacial score (nSPS) is 31.0. The molecule has 0 aromatic carbocycles. The van der Waals surface area contributed by atoms with Crippen molar-refractivity contribution in [2.75, 3.05) is 0 Å². The van der Waals surface area contributed by atoms with Crippen molar-refractivity contribution < 1.29 is 3.79 Å². The van der Waals surface area contributed by atoms with Crippen molar-refractivity contribution in [1.29, 1.82) is 0 Å². The second-order valence-electron chi connectivity index (χ2n) is 1.79. The van der Waals surface area contributed by atoms with Gasteiger partial charge in [0.25, 0.3) is 0 Å². The summed E-state index contributed by atoms with van der Waals surface area (Å²) in [5.74, 6) is 0. The Balaban J connectivity index is 2.09. The van der Waals surface area contributed by atoms with Crippen molar-refractivity contribution in [3.05, 3.63) is 0 Å². The molecule has 1 heterocycles. The smallest absolute Gasteiger partial charge is 0.487 e. The lowest BCUT2D eigenvalue weighted by Gasteiger charge is -1.62. The van der Waals surface area contributed by atoms with E-state index in [4.69, 9.17) is 3.79 Å². The molecule has 1 aliphatic rings. The highest BCUT2D eigenvalue weighted by Crippen LogP contribution is 2.18. The predicted molar refractivity (Wildman–Crippen MR) is 26.8 cm³/mol. The lowest BCUT2D eigenvalue weighted by molar-refractivity contribution is 0.473. The van der Waals surface area contributed by atoms with Crippen LogP contribution in [0, 0.1) is 0 Å². The van der Waals surface area contributed by atoms with Crippen LogP contribution in [0.5, 0.6) is 0 Å². The van der Waals surface area contributed by atoms with Crippen molar-refractivity contribution in [2.45, 2.75) is 24.1 Å². The maximum Gasteiger partial charge on any atom is 0.487 e. The molecule has 0 N–H and O–H groups in total. The first-order valence-corrected chi connectivity index (χ1v) is 4.45. The van der Waals surface area contributed by atoms with Crippen LogP contribution in [0.3, 0.4) is 0 Å². The molecule has 1 fully saturated rings. The van der Waals surface area contributed by atoms with Gasteiger partial charge in [-0.3, -0.25) is 0 Å². The van der Waals surface area contributed by atoms with E-state index < -0.39 is 14.5 Å². The molecule has 0 saturated carbocycles. The molecule has 1 nitrogen and oxygen atoms in total. The summed E-state index contributed by atoms with van der Waals surface area (Å²) in [6, 6.07) is 0. The van der Waals surface area contributed by atoms with Crippen LogP contribution < -0.4 is 0 Å². The molecule has 2 heteroatoms. The topological polar surface area (TPSA) is 12.5 Å². The molecular formula is C4H9AlO. The molecule has 0 spiro atoms. The van der Waals surface area contributed by atoms with Crippen LogP contribution in [0.25, 0.3) is 0 Å². The maximum absolute atomic E-state index is 5.20. The third-order valence-electron chi connectivity index (χ3n) is 1.24. The van der Waals surface area contributed by atoms with Crippen molar-refractivity contribution in [3.63, 3.8) is 0 Å². The number of rotatable bonds is 1. The van der Waals surface area contributed by atoms with Crippen LogP contribution in [0.2, 0.25) is 5.28 Å². The number of hydrogen-bond acceptors (Lipinski definition) is 1. The molecule has 34 valence electrons. The first-order valence-electron chi connectivity index (χ1n) is 2.50. The first kappa shape index (κ1) is 4.65. The molecule has 0 radical (unpaired) electrons. The summed E-state index contributed by atoms with van der Waals surface area (Å²) in [5.41, 5.74) is 0. The molecule has 6 heavy (non-hydrogen) atoms. The summed E-state index contributed by atoms with van der Waals surface area (Å²) in [5, 5.41) is 1.32. The van der Waals surface area contributed by atoms with Gasteiger partial charge in [0.1, 0.15) is 0 Å². The highest BCUT2D eigenvalue weighted by Gasteiger charge is 2.41. The third-order valence-corrected chi connectivity index (χ3v) is 3.72. The van der Waals surface area contributed by atoms with Gasteiger partial charge in [-0.2, -0.15) is 0 Å². The van der Waals surface area contributed by atoms with E-state index in [0.29, 0.717) is 4.97 Å². The van der Waals surface area contributed by atoms with E-state index in [1.165, 1.54) is 5.28 Å². The van der Waals surface area contributed by atoms with Gasteiger partial charge in [0, 0.05) is 4.97 Å². The zero-order chi connectivity index (χ0) is 4.57. The minimum atomic E-state index is -0.494. The van der Waals surface area contributed by atoms with Crippen molar-refractivity contribution in [3.8, 4) is 0 Å². The zero-order valence-corrected chi connectivity index (χ0v) is 5.42. The van der Waals surface area contributed by atoms with Crippen molar-refractivity contribution >= 4 is 14.5 Å². The third kappa shape index (κ3) is 0.760. The van der Waals surface area contributed by atoms with Gasteiger partial charge >= 0.3 is 14.5 Å². The van der Waals surface area contributed by atoms with Crippen molar-refractivity contribution in [1.82, 2.24) is 0 Å². The Morgan fingerprint density at radius 3 is 2.33 bits per heavy atom. The molecule has 1 atom stereocenters. The van der Waals surface area contributed by atoms with Gasteiger partial charge in [-0.1, -0.05) is 19.1 Å². The minimum absolute atomic E-state index is 0.494. The Labute approximate surface area is 43.0 Å². The second kappa shape index (κ2) is 1.54. The Kier molecular flexibility index (Phi) is 1.19. The monoisotopic (exact) mass is 100 g/mol. The van der Waals surface area contributed by atoms with Gasteiger partial charge in [0.15, 0.2) is 0 Å². The van der Waals surface area contributed by atoms with E-state index in [-0.39, 0.29) is 0 Å². The summed E-state index contributed by atoms with van der Waals surface area (Å²) in [4.78, 5) is 0.704. The summed E-state index contributed by atoms with van der Waals surface area (Å²) in [7, 11) is 0. The van der Waals surface area contributed by atoms with Gasteiger partial charge < -0.3 is 3.79 Å². The molecule has 0 bridgehead atoms. The SMILES string of the molecule is C[CH2][Al]1[O][CH]1C. The standard InChI is InChI=1S/C2H4O.C2H5.Al/c1-2-3;1-2;/h2H,1H3;1H2,2H3;/q-1;;+1. The minimum Gasteiger partial charge on any atom is -0.506 e. The lowest BCUT2D eigenvalue weighted by Crippen LogP contribution is -1.88. The summed E-state index contributed by atoms with van der Waals surface area (Å²) in [6.45, 7) is 4.38. The van der Waals surface area contributed by atoms with Crippen LogP contribution in [-0.4, -0.2) is 19.4 Å². The molecule has 1 unspecified atom stereocenters. The van der Waals surface area contributed by atoms with E-state index in [0.717, 1.165) is 0 Å². The Hall–Kier alpha value is 0.492. The lowest BCUT2D eigenvalue weighted by atomic mass is 10.9. The fourth-order valence-corrected chi connectivity index (χ4v) is 2.31. The zero-order valence-electron chi connectivity index (χ0n) is 4.27. The van der Waals surface area contributed by atoms with Gasteiger partial charge in [-0.25, -0.2) is 0 Å². The molecule has 0 aliphatic carbocycles. The predicted octanol–water partition coefficient (Wildman–Crippen LogP) is 0.956. The highest BCUT2D eigenvalue weighted by atomic mass is 27.2. The van der Waals surface area contributed by atoms with E-state index in [1.807, 2.05) is 0 Å². The van der Waals surface area contributed by atoms with Crippen LogP contribution >= 0.6 is 0 Å². The van der Waals surface area contributed by atoms with Crippen LogP contribution in [-0.2, 0) is 3.79 Å². The fraction of sp³-hybridized carbons (Fsp3) is 1.00. The maximum atomic E-state index is 5.20. The largest absolute Gasteiger partial charge is 0.506 e. The molecule has 1 rings (SSSR count). The second-order valence-corrected chi connectivity index (χ2v) is 4.89. The average Bonchev–Trinajstić information content (AvgIpc) is 2.19. The quantitative estimate of drug-likeness (QED) is 0.353. The highest BCUT2D eigenvalue weighted by molar-refractivity contribution is 6.61. The Bertz CT molecular complexity index is 53.5. The molecule has 1 aliphatic heterocycles. The van der Waals surface area contributed by atoms with E-state index >= 15 is 0 Å². The molecule has 1 saturated heterocycles. The van der Waals surface area contributed by atoms with Crippen LogP contribution in [0.4, 0.5) is 0 Å². The van der Waals surface area contributed by atoms with Gasteiger partial charge in [0.05, 0.1) is 0 Å². The van der Waals surface area contributed by atoms with E-state index in [2.05, 4.69) is 13.8 Å². The molecule has 0 aromatic heterocycles. The molecule has 0 amide bonds. The van der Waals surface area contributed by atoms with Gasteiger partial charge in [-0.15, -0.1) is 0 Å². The van der Waals surface area contributed by atoms with Crippen molar-refractivity contribution in [2.24, 2.45) is 0 Å². The summed E-state index contributed by atoms with van der Waals surface area (Å²) in [6.07, 6.45) is 0. The van der Waals surface area contributed by atoms with Gasteiger partial charge in [0.2, 0.25) is 0 Å². The molecule has 0 aromatic rings. The number of hydrogen-bond donors (Lipinski definition) is 0. The summed E-state index contributed by atoms with van der Waals surface area (Å²) < 4.78 is 5.20. The molecular weight excluding hydrogens is 91.0 g/mol. The Morgan fingerprint density at radius 1 is 1.83 bits per heavy atom. The van der Waals surface area contributed by atoms with Crippen LogP contribution in [0.15, 0.2) is 0 Å².